The summed E-state index contributed by atoms with van der Waals surface area (Å²) in [4.78, 5) is 11.5. The van der Waals surface area contributed by atoms with Gasteiger partial charge in [0, 0.05) is 5.56 Å². The van der Waals surface area contributed by atoms with Gasteiger partial charge in [-0.05, 0) is 19.4 Å². The number of benzene rings is 1. The fourth-order valence-corrected chi connectivity index (χ4v) is 1.56. The third-order valence-electron chi connectivity index (χ3n) is 2.79. The highest BCUT2D eigenvalue weighted by molar-refractivity contribution is 5.77. The molecule has 5 nitrogen and oxygen atoms in total. The van der Waals surface area contributed by atoms with Crippen molar-refractivity contribution in [2.45, 2.75) is 25.5 Å². The lowest BCUT2D eigenvalue weighted by molar-refractivity contribution is -0.144. The predicted octanol–water partition coefficient (Wildman–Crippen LogP) is 0.449. The molecule has 0 fully saturated rings. The van der Waals surface area contributed by atoms with Gasteiger partial charge in [-0.3, -0.25) is 10.5 Å². The van der Waals surface area contributed by atoms with Gasteiger partial charge in [-0.25, -0.2) is 0 Å². The van der Waals surface area contributed by atoms with Crippen molar-refractivity contribution in [1.82, 2.24) is 0 Å². The Morgan fingerprint density at radius 2 is 2.00 bits per heavy atom. The van der Waals surface area contributed by atoms with Gasteiger partial charge in [0.05, 0.1) is 19.1 Å². The van der Waals surface area contributed by atoms with Crippen LogP contribution in [0.3, 0.4) is 0 Å². The zero-order valence-corrected chi connectivity index (χ0v) is 10.6. The third-order valence-corrected chi connectivity index (χ3v) is 2.79. The van der Waals surface area contributed by atoms with Gasteiger partial charge in [0.25, 0.3) is 0 Å². The van der Waals surface area contributed by atoms with Gasteiger partial charge >= 0.3 is 5.97 Å². The summed E-state index contributed by atoms with van der Waals surface area (Å²) in [5, 5.41) is 18.6. The van der Waals surface area contributed by atoms with Crippen LogP contribution in [0.15, 0.2) is 24.3 Å². The van der Waals surface area contributed by atoms with E-state index in [-0.39, 0.29) is 11.9 Å². The van der Waals surface area contributed by atoms with Crippen LogP contribution in [0.1, 0.15) is 30.9 Å². The van der Waals surface area contributed by atoms with E-state index in [0.29, 0.717) is 12.2 Å². The molecule has 0 bridgehead atoms. The Morgan fingerprint density at radius 3 is 2.44 bits per heavy atom. The largest absolute Gasteiger partial charge is 0.466 e. The molecule has 0 amide bonds. The van der Waals surface area contributed by atoms with Gasteiger partial charge in [0.15, 0.2) is 5.72 Å². The second kappa shape index (κ2) is 5.95. The van der Waals surface area contributed by atoms with Crippen molar-refractivity contribution in [1.29, 1.82) is 0 Å². The molecule has 1 aromatic carbocycles. The number of hydrogen-bond acceptors (Lipinski definition) is 5. The van der Waals surface area contributed by atoms with Crippen LogP contribution in [0.2, 0.25) is 0 Å². The summed E-state index contributed by atoms with van der Waals surface area (Å²) < 4.78 is 4.92. The molecule has 100 valence electrons. The highest BCUT2D eigenvalue weighted by Crippen LogP contribution is 2.21. The number of esters is 1. The van der Waals surface area contributed by atoms with Crippen molar-refractivity contribution >= 4 is 5.97 Å². The average Bonchev–Trinajstić information content (AvgIpc) is 2.38. The maximum Gasteiger partial charge on any atom is 0.313 e. The lowest BCUT2D eigenvalue weighted by Gasteiger charge is -2.21. The van der Waals surface area contributed by atoms with E-state index in [1.54, 1.807) is 38.1 Å². The van der Waals surface area contributed by atoms with Crippen LogP contribution in [0, 0.1) is 0 Å². The molecule has 1 rings (SSSR count). The van der Waals surface area contributed by atoms with Crippen LogP contribution in [-0.4, -0.2) is 29.4 Å². The molecule has 0 aliphatic heterocycles. The summed E-state index contributed by atoms with van der Waals surface area (Å²) in [6, 6.07) is 6.54. The Balaban J connectivity index is 2.86. The van der Waals surface area contributed by atoms with Gasteiger partial charge in [-0.2, -0.15) is 0 Å². The quantitative estimate of drug-likeness (QED) is 0.523. The van der Waals surface area contributed by atoms with E-state index in [1.165, 1.54) is 0 Å². The minimum atomic E-state index is -1.76. The summed E-state index contributed by atoms with van der Waals surface area (Å²) in [6.07, 6.45) is 0. The first-order chi connectivity index (χ1) is 8.42. The Bertz CT molecular complexity index is 400. The first-order valence-electron chi connectivity index (χ1n) is 5.81. The second-order valence-corrected chi connectivity index (χ2v) is 4.18. The van der Waals surface area contributed by atoms with Gasteiger partial charge in [-0.15, -0.1) is 0 Å². The zero-order chi connectivity index (χ0) is 13.8. The molecule has 1 unspecified atom stereocenters. The molecule has 4 N–H and O–H groups in total. The number of rotatable bonds is 5. The Kier molecular flexibility index (Phi) is 4.84. The molecule has 0 radical (unpaired) electrons. The van der Waals surface area contributed by atoms with E-state index < -0.39 is 12.3 Å². The first-order valence-corrected chi connectivity index (χ1v) is 5.81. The van der Waals surface area contributed by atoms with Crippen molar-refractivity contribution in [2.24, 2.45) is 5.73 Å². The standard InChI is InChI=1S/C13H19NO4/c1-3-18-12(16)9(2)10-4-6-11(7-5-10)13(14,17)8-15/h4-7,9,15,17H,3,8,14H2,1-2H3/t9?,13-/m1/s1. The summed E-state index contributed by atoms with van der Waals surface area (Å²) in [5.74, 6) is -0.672. The normalized spacial score (nSPS) is 15.8. The van der Waals surface area contributed by atoms with Gasteiger partial charge in [-0.1, -0.05) is 24.3 Å². The van der Waals surface area contributed by atoms with E-state index in [2.05, 4.69) is 0 Å². The number of aliphatic hydroxyl groups is 2. The first kappa shape index (κ1) is 14.6. The molecule has 2 atom stereocenters. The number of hydrogen-bond donors (Lipinski definition) is 3. The summed E-state index contributed by atoms with van der Waals surface area (Å²) in [7, 11) is 0. The highest BCUT2D eigenvalue weighted by Gasteiger charge is 2.23. The van der Waals surface area contributed by atoms with E-state index in [4.69, 9.17) is 15.6 Å². The van der Waals surface area contributed by atoms with E-state index in [0.717, 1.165) is 5.56 Å². The molecule has 0 saturated carbocycles. The molecule has 0 aliphatic carbocycles. The fourth-order valence-electron chi connectivity index (χ4n) is 1.56. The number of carbonyl (C=O) groups excluding carboxylic acids is 1. The average molecular weight is 253 g/mol. The van der Waals surface area contributed by atoms with Crippen LogP contribution < -0.4 is 5.73 Å². The van der Waals surface area contributed by atoms with Crippen LogP contribution in [0.25, 0.3) is 0 Å². The van der Waals surface area contributed by atoms with Gasteiger partial charge < -0.3 is 14.9 Å². The topological polar surface area (TPSA) is 92.8 Å². The smallest absolute Gasteiger partial charge is 0.313 e. The second-order valence-electron chi connectivity index (χ2n) is 4.18. The molecule has 1 aromatic rings. The molecular formula is C13H19NO4. The van der Waals surface area contributed by atoms with Crippen molar-refractivity contribution in [3.63, 3.8) is 0 Å². The number of aliphatic hydroxyl groups excluding tert-OH is 1. The van der Waals surface area contributed by atoms with Crippen molar-refractivity contribution in [3.05, 3.63) is 35.4 Å². The SMILES string of the molecule is CCOC(=O)C(C)c1ccc([C@](N)(O)CO)cc1. The number of carbonyl (C=O) groups is 1. The van der Waals surface area contributed by atoms with Gasteiger partial charge in [0.2, 0.25) is 0 Å². The number of ether oxygens (including phenoxy) is 1. The maximum absolute atomic E-state index is 11.5. The molecule has 0 spiro atoms. The summed E-state index contributed by atoms with van der Waals surface area (Å²) in [6.45, 7) is 3.27. The monoisotopic (exact) mass is 253 g/mol. The predicted molar refractivity (Wildman–Crippen MR) is 66.7 cm³/mol. The van der Waals surface area contributed by atoms with Crippen LogP contribution in [-0.2, 0) is 15.3 Å². The lowest BCUT2D eigenvalue weighted by Crippen LogP contribution is -2.40. The third kappa shape index (κ3) is 3.29. The van der Waals surface area contributed by atoms with Gasteiger partial charge in [0.1, 0.15) is 0 Å². The van der Waals surface area contributed by atoms with Crippen LogP contribution in [0.4, 0.5) is 0 Å². The summed E-state index contributed by atoms with van der Waals surface area (Å²) >= 11 is 0. The Labute approximate surface area is 106 Å². The molecule has 0 aromatic heterocycles. The molecule has 0 saturated heterocycles. The Hall–Kier alpha value is -1.43. The van der Waals surface area contributed by atoms with Crippen LogP contribution in [0.5, 0.6) is 0 Å². The maximum atomic E-state index is 11.5. The fraction of sp³-hybridized carbons (Fsp3) is 0.462. The van der Waals surface area contributed by atoms with Crippen molar-refractivity contribution in [2.75, 3.05) is 13.2 Å². The number of nitrogens with two attached hydrogens (primary N) is 1. The van der Waals surface area contributed by atoms with Crippen LogP contribution >= 0.6 is 0 Å². The van der Waals surface area contributed by atoms with Crippen molar-refractivity contribution < 1.29 is 19.7 Å². The zero-order valence-electron chi connectivity index (χ0n) is 10.6. The molecule has 5 heteroatoms. The highest BCUT2D eigenvalue weighted by atomic mass is 16.5. The molecular weight excluding hydrogens is 234 g/mol. The van der Waals surface area contributed by atoms with Crippen molar-refractivity contribution in [3.8, 4) is 0 Å². The summed E-state index contributed by atoms with van der Waals surface area (Å²) in [5.41, 5.74) is 4.89. The lowest BCUT2D eigenvalue weighted by atomic mass is 9.97. The van der Waals surface area contributed by atoms with E-state index >= 15 is 0 Å². The molecule has 0 aliphatic rings. The molecule has 18 heavy (non-hydrogen) atoms. The minimum absolute atomic E-state index is 0.296. The molecule has 0 heterocycles. The van der Waals surface area contributed by atoms with E-state index in [9.17, 15) is 9.90 Å². The van der Waals surface area contributed by atoms with E-state index in [1.807, 2.05) is 0 Å². The Morgan fingerprint density at radius 1 is 1.44 bits per heavy atom. The minimum Gasteiger partial charge on any atom is -0.466 e.